The Morgan fingerprint density at radius 2 is 1.96 bits per heavy atom. The third-order valence-corrected chi connectivity index (χ3v) is 4.31. The second-order valence-corrected chi connectivity index (χ2v) is 6.08. The minimum atomic E-state index is -0.852. The van der Waals surface area contributed by atoms with E-state index < -0.39 is 11.6 Å². The normalized spacial score (nSPS) is 23.9. The molecule has 2 unspecified atom stereocenters. The Balaban J connectivity index is 1.53. The van der Waals surface area contributed by atoms with E-state index in [9.17, 15) is 8.78 Å². The van der Waals surface area contributed by atoms with Crippen molar-refractivity contribution in [2.45, 2.75) is 37.3 Å². The van der Waals surface area contributed by atoms with E-state index >= 15 is 0 Å². The van der Waals surface area contributed by atoms with Gasteiger partial charge in [0.2, 0.25) is 0 Å². The molecule has 1 N–H and O–H groups in total. The van der Waals surface area contributed by atoms with Gasteiger partial charge < -0.3 is 10.1 Å². The first-order chi connectivity index (χ1) is 11.2. The fourth-order valence-corrected chi connectivity index (χ4v) is 2.94. The fourth-order valence-electron chi connectivity index (χ4n) is 2.94. The molecule has 0 radical (unpaired) electrons. The number of nitrogens with one attached hydrogen (secondary N) is 1. The van der Waals surface area contributed by atoms with E-state index in [1.165, 1.54) is 6.07 Å². The van der Waals surface area contributed by atoms with Gasteiger partial charge in [-0.2, -0.15) is 0 Å². The van der Waals surface area contributed by atoms with E-state index in [1.54, 1.807) is 12.3 Å². The van der Waals surface area contributed by atoms with E-state index in [1.807, 2.05) is 6.07 Å². The Labute approximate surface area is 132 Å². The van der Waals surface area contributed by atoms with Crippen molar-refractivity contribution in [1.82, 2.24) is 9.97 Å². The van der Waals surface area contributed by atoms with Gasteiger partial charge in [-0.25, -0.2) is 18.7 Å². The number of rotatable bonds is 4. The third kappa shape index (κ3) is 3.03. The van der Waals surface area contributed by atoms with E-state index in [-0.39, 0.29) is 12.1 Å². The smallest absolute Gasteiger partial charge is 0.159 e. The summed E-state index contributed by atoms with van der Waals surface area (Å²) in [4.78, 5) is 8.85. The fraction of sp³-hybridized carbons (Fsp3) is 0.412. The first-order valence-corrected chi connectivity index (χ1v) is 7.87. The van der Waals surface area contributed by atoms with Gasteiger partial charge in [0.1, 0.15) is 17.7 Å². The highest BCUT2D eigenvalue weighted by atomic mass is 19.2. The molecule has 2 fully saturated rings. The summed E-state index contributed by atoms with van der Waals surface area (Å²) in [6, 6.07) is 5.71. The van der Waals surface area contributed by atoms with Gasteiger partial charge in [0.25, 0.3) is 0 Å². The molecule has 1 saturated heterocycles. The Bertz CT molecular complexity index is 721. The van der Waals surface area contributed by atoms with Gasteiger partial charge in [0, 0.05) is 18.7 Å². The van der Waals surface area contributed by atoms with Crippen LogP contribution in [-0.4, -0.2) is 22.6 Å². The molecule has 2 atom stereocenters. The summed E-state index contributed by atoms with van der Waals surface area (Å²) < 4.78 is 32.3. The monoisotopic (exact) mass is 317 g/mol. The zero-order valence-electron chi connectivity index (χ0n) is 12.5. The Morgan fingerprint density at radius 1 is 1.09 bits per heavy atom. The van der Waals surface area contributed by atoms with Crippen molar-refractivity contribution in [2.24, 2.45) is 0 Å². The second-order valence-electron chi connectivity index (χ2n) is 6.08. The molecule has 4 nitrogen and oxygen atoms in total. The molecule has 1 aromatic carbocycles. The van der Waals surface area contributed by atoms with Crippen LogP contribution >= 0.6 is 0 Å². The van der Waals surface area contributed by atoms with Gasteiger partial charge in [-0.1, -0.05) is 6.07 Å². The molecule has 0 bridgehead atoms. The van der Waals surface area contributed by atoms with Crippen LogP contribution < -0.4 is 5.32 Å². The summed E-state index contributed by atoms with van der Waals surface area (Å²) >= 11 is 0. The van der Waals surface area contributed by atoms with Crippen LogP contribution in [0, 0.1) is 11.6 Å². The second kappa shape index (κ2) is 5.85. The maximum atomic E-state index is 13.5. The van der Waals surface area contributed by atoms with E-state index in [0.717, 1.165) is 37.0 Å². The molecule has 2 aromatic rings. The van der Waals surface area contributed by atoms with Crippen molar-refractivity contribution in [1.29, 1.82) is 0 Å². The highest BCUT2D eigenvalue weighted by Crippen LogP contribution is 2.38. The van der Waals surface area contributed by atoms with E-state index in [2.05, 4.69) is 15.3 Å². The molecule has 23 heavy (non-hydrogen) atoms. The van der Waals surface area contributed by atoms with Crippen LogP contribution in [0.15, 0.2) is 30.5 Å². The molecule has 0 amide bonds. The molecule has 1 aliphatic carbocycles. The zero-order valence-corrected chi connectivity index (χ0v) is 12.5. The van der Waals surface area contributed by atoms with Crippen LogP contribution in [0.2, 0.25) is 0 Å². The van der Waals surface area contributed by atoms with Crippen LogP contribution in [0.4, 0.5) is 14.6 Å². The standard InChI is InChI=1S/C17H17F2N3O/c18-12-4-3-11(9-13(12)19)16-14(6-8-23-16)21-15-5-7-20-17(22-15)10-1-2-10/h3-5,7,9-10,14,16H,1-2,6,8H2,(H,20,21,22). The molecule has 1 aromatic heterocycles. The summed E-state index contributed by atoms with van der Waals surface area (Å²) in [6.07, 6.45) is 4.52. The number of nitrogens with zero attached hydrogens (tertiary/aromatic N) is 2. The number of halogens is 2. The topological polar surface area (TPSA) is 47.0 Å². The highest BCUT2D eigenvalue weighted by Gasteiger charge is 2.31. The SMILES string of the molecule is Fc1ccc(C2OCCC2Nc2ccnc(C3CC3)n2)cc1F. The Kier molecular flexibility index (Phi) is 3.69. The van der Waals surface area contributed by atoms with Crippen molar-refractivity contribution >= 4 is 5.82 Å². The molecule has 2 heterocycles. The van der Waals surface area contributed by atoms with Gasteiger partial charge in [-0.15, -0.1) is 0 Å². The van der Waals surface area contributed by atoms with Crippen molar-refractivity contribution < 1.29 is 13.5 Å². The summed E-state index contributed by atoms with van der Waals surface area (Å²) in [7, 11) is 0. The molecule has 6 heteroatoms. The first-order valence-electron chi connectivity index (χ1n) is 7.87. The maximum Gasteiger partial charge on any atom is 0.159 e. The molecular formula is C17H17F2N3O. The van der Waals surface area contributed by atoms with Crippen molar-refractivity contribution in [2.75, 3.05) is 11.9 Å². The predicted molar refractivity (Wildman–Crippen MR) is 81.1 cm³/mol. The summed E-state index contributed by atoms with van der Waals surface area (Å²) in [5.41, 5.74) is 0.635. The van der Waals surface area contributed by atoms with Crippen LogP contribution in [-0.2, 0) is 4.74 Å². The lowest BCUT2D eigenvalue weighted by molar-refractivity contribution is 0.107. The lowest BCUT2D eigenvalue weighted by atomic mass is 10.0. The number of anilines is 1. The summed E-state index contributed by atoms with van der Waals surface area (Å²) in [5.74, 6) is 0.415. The van der Waals surface area contributed by atoms with Crippen LogP contribution in [0.1, 0.15) is 42.7 Å². The lowest BCUT2D eigenvalue weighted by Crippen LogP contribution is -2.24. The number of ether oxygens (including phenoxy) is 1. The first kappa shape index (κ1) is 14.5. The maximum absolute atomic E-state index is 13.5. The molecule has 120 valence electrons. The van der Waals surface area contributed by atoms with Crippen LogP contribution in [0.25, 0.3) is 0 Å². The molecule has 1 saturated carbocycles. The molecular weight excluding hydrogens is 300 g/mol. The van der Waals surface area contributed by atoms with Gasteiger partial charge in [0.05, 0.1) is 6.04 Å². The van der Waals surface area contributed by atoms with Crippen molar-refractivity contribution in [3.8, 4) is 0 Å². The molecule has 4 rings (SSSR count). The van der Waals surface area contributed by atoms with Crippen LogP contribution in [0.3, 0.4) is 0 Å². The number of aromatic nitrogens is 2. The highest BCUT2D eigenvalue weighted by molar-refractivity contribution is 5.37. The summed E-state index contributed by atoms with van der Waals surface area (Å²) in [5, 5.41) is 3.35. The minimum absolute atomic E-state index is 0.0261. The quantitative estimate of drug-likeness (QED) is 0.936. The third-order valence-electron chi connectivity index (χ3n) is 4.31. The Hall–Kier alpha value is -2.08. The van der Waals surface area contributed by atoms with Crippen molar-refractivity contribution in [3.63, 3.8) is 0 Å². The van der Waals surface area contributed by atoms with Gasteiger partial charge >= 0.3 is 0 Å². The molecule has 2 aliphatic rings. The predicted octanol–water partition coefficient (Wildman–Crippen LogP) is 3.57. The molecule has 1 aliphatic heterocycles. The van der Waals surface area contributed by atoms with E-state index in [0.29, 0.717) is 18.1 Å². The van der Waals surface area contributed by atoms with Gasteiger partial charge in [-0.05, 0) is 43.0 Å². The number of benzene rings is 1. The van der Waals surface area contributed by atoms with Gasteiger partial charge in [-0.3, -0.25) is 0 Å². The lowest BCUT2D eigenvalue weighted by Gasteiger charge is -2.21. The summed E-state index contributed by atoms with van der Waals surface area (Å²) in [6.45, 7) is 0.571. The minimum Gasteiger partial charge on any atom is -0.371 e. The molecule has 0 spiro atoms. The number of hydrogen-bond acceptors (Lipinski definition) is 4. The Morgan fingerprint density at radius 3 is 2.74 bits per heavy atom. The van der Waals surface area contributed by atoms with E-state index in [4.69, 9.17) is 4.74 Å². The number of hydrogen-bond donors (Lipinski definition) is 1. The average Bonchev–Trinajstić information content (AvgIpc) is 3.31. The average molecular weight is 317 g/mol. The van der Waals surface area contributed by atoms with Crippen molar-refractivity contribution in [3.05, 3.63) is 53.5 Å². The largest absolute Gasteiger partial charge is 0.371 e. The van der Waals surface area contributed by atoms with Crippen LogP contribution in [0.5, 0.6) is 0 Å². The zero-order chi connectivity index (χ0) is 15.8. The van der Waals surface area contributed by atoms with Gasteiger partial charge in [0.15, 0.2) is 11.6 Å².